The van der Waals surface area contributed by atoms with E-state index in [4.69, 9.17) is 4.74 Å². The number of fused-ring (bicyclic) bond motifs is 1. The van der Waals surface area contributed by atoms with Crippen molar-refractivity contribution >= 4 is 15.9 Å². The van der Waals surface area contributed by atoms with Crippen molar-refractivity contribution in [3.05, 3.63) is 28.2 Å². The van der Waals surface area contributed by atoms with Gasteiger partial charge in [-0.05, 0) is 73.7 Å². The number of hydrogen-bond donors (Lipinski definition) is 1. The predicted octanol–water partition coefficient (Wildman–Crippen LogP) is 3.64. The van der Waals surface area contributed by atoms with Gasteiger partial charge in [0.15, 0.2) is 0 Å². The minimum Gasteiger partial charge on any atom is -0.496 e. The van der Waals surface area contributed by atoms with E-state index in [0.29, 0.717) is 5.41 Å². The molecule has 0 aromatic heterocycles. The van der Waals surface area contributed by atoms with Gasteiger partial charge in [-0.2, -0.15) is 0 Å². The lowest BCUT2D eigenvalue weighted by Crippen LogP contribution is -2.33. The van der Waals surface area contributed by atoms with Crippen LogP contribution in [0.4, 0.5) is 0 Å². The molecule has 0 aliphatic heterocycles. The van der Waals surface area contributed by atoms with Crippen molar-refractivity contribution in [2.24, 2.45) is 17.3 Å². The molecule has 1 aromatic rings. The van der Waals surface area contributed by atoms with E-state index in [1.54, 1.807) is 7.11 Å². The average molecular weight is 324 g/mol. The van der Waals surface area contributed by atoms with Gasteiger partial charge in [0.1, 0.15) is 5.75 Å². The SMILES string of the molecule is CNCC1(Cc2cc(Br)ccc2OC)CC2CC2C1. The Hall–Kier alpha value is -0.540. The summed E-state index contributed by atoms with van der Waals surface area (Å²) in [4.78, 5) is 0. The lowest BCUT2D eigenvalue weighted by Gasteiger charge is -2.31. The van der Waals surface area contributed by atoms with Crippen LogP contribution in [0.15, 0.2) is 22.7 Å². The van der Waals surface area contributed by atoms with Crippen LogP contribution in [-0.4, -0.2) is 20.7 Å². The molecule has 0 spiro atoms. The average Bonchev–Trinajstić information content (AvgIpc) is 2.98. The standard InChI is InChI=1S/C16H22BrNO/c1-18-10-16(7-11-5-12(11)8-16)9-13-6-14(17)3-4-15(13)19-2/h3-4,6,11-12,18H,5,7-10H2,1-2H3. The van der Waals surface area contributed by atoms with E-state index in [-0.39, 0.29) is 0 Å². The summed E-state index contributed by atoms with van der Waals surface area (Å²) in [7, 11) is 3.84. The van der Waals surface area contributed by atoms with Crippen molar-refractivity contribution in [1.29, 1.82) is 0 Å². The molecule has 2 aliphatic rings. The first kappa shape index (κ1) is 13.4. The van der Waals surface area contributed by atoms with Crippen molar-refractivity contribution in [3.8, 4) is 5.75 Å². The third kappa shape index (κ3) is 2.68. The molecule has 1 N–H and O–H groups in total. The zero-order chi connectivity index (χ0) is 13.5. The first-order valence-corrected chi connectivity index (χ1v) is 7.92. The van der Waals surface area contributed by atoms with Gasteiger partial charge in [-0.3, -0.25) is 0 Å². The van der Waals surface area contributed by atoms with E-state index in [0.717, 1.165) is 35.0 Å². The van der Waals surface area contributed by atoms with Gasteiger partial charge in [-0.1, -0.05) is 15.9 Å². The second-order valence-corrected chi connectivity index (χ2v) is 7.24. The second-order valence-electron chi connectivity index (χ2n) is 6.33. The van der Waals surface area contributed by atoms with Gasteiger partial charge in [-0.15, -0.1) is 0 Å². The number of hydrogen-bond acceptors (Lipinski definition) is 2. The van der Waals surface area contributed by atoms with E-state index in [1.165, 1.54) is 24.8 Å². The smallest absolute Gasteiger partial charge is 0.122 e. The van der Waals surface area contributed by atoms with Gasteiger partial charge in [-0.25, -0.2) is 0 Å². The van der Waals surface area contributed by atoms with Gasteiger partial charge in [0.05, 0.1) is 7.11 Å². The highest BCUT2D eigenvalue weighted by Gasteiger charge is 2.53. The largest absolute Gasteiger partial charge is 0.496 e. The van der Waals surface area contributed by atoms with Crippen LogP contribution >= 0.6 is 15.9 Å². The highest BCUT2D eigenvalue weighted by atomic mass is 79.9. The Morgan fingerprint density at radius 1 is 1.37 bits per heavy atom. The molecule has 2 aliphatic carbocycles. The molecule has 0 amide bonds. The van der Waals surface area contributed by atoms with Crippen molar-refractivity contribution < 1.29 is 4.74 Å². The number of ether oxygens (including phenoxy) is 1. The number of methoxy groups -OCH3 is 1. The fraction of sp³-hybridized carbons (Fsp3) is 0.625. The summed E-state index contributed by atoms with van der Waals surface area (Å²) in [6.07, 6.45) is 5.37. The number of rotatable bonds is 5. The van der Waals surface area contributed by atoms with E-state index in [9.17, 15) is 0 Å². The molecule has 3 heteroatoms. The van der Waals surface area contributed by atoms with Crippen molar-refractivity contribution in [2.75, 3.05) is 20.7 Å². The summed E-state index contributed by atoms with van der Waals surface area (Å²) in [5, 5.41) is 3.41. The Morgan fingerprint density at radius 2 is 2.11 bits per heavy atom. The van der Waals surface area contributed by atoms with Crippen LogP contribution in [0.3, 0.4) is 0 Å². The van der Waals surface area contributed by atoms with Gasteiger partial charge in [0.2, 0.25) is 0 Å². The van der Waals surface area contributed by atoms with Crippen molar-refractivity contribution in [1.82, 2.24) is 5.32 Å². The summed E-state index contributed by atoms with van der Waals surface area (Å²) in [5.41, 5.74) is 1.78. The highest BCUT2D eigenvalue weighted by Crippen LogP contribution is 2.60. The van der Waals surface area contributed by atoms with Crippen molar-refractivity contribution in [3.63, 3.8) is 0 Å². The van der Waals surface area contributed by atoms with Gasteiger partial charge >= 0.3 is 0 Å². The summed E-state index contributed by atoms with van der Waals surface area (Å²) in [6.45, 7) is 1.12. The zero-order valence-electron chi connectivity index (χ0n) is 11.7. The third-order valence-corrected chi connectivity index (χ3v) is 5.31. The molecule has 0 saturated heterocycles. The molecule has 19 heavy (non-hydrogen) atoms. The monoisotopic (exact) mass is 323 g/mol. The third-order valence-electron chi connectivity index (χ3n) is 4.82. The van der Waals surface area contributed by atoms with Crippen LogP contribution in [0.25, 0.3) is 0 Å². The van der Waals surface area contributed by atoms with E-state index in [1.807, 2.05) is 0 Å². The summed E-state index contributed by atoms with van der Waals surface area (Å²) in [5.74, 6) is 3.04. The molecule has 2 fully saturated rings. The molecular weight excluding hydrogens is 302 g/mol. The minimum absolute atomic E-state index is 0.441. The molecule has 0 radical (unpaired) electrons. The van der Waals surface area contributed by atoms with Crippen LogP contribution in [0.2, 0.25) is 0 Å². The van der Waals surface area contributed by atoms with Gasteiger partial charge in [0, 0.05) is 11.0 Å². The molecule has 2 atom stereocenters. The maximum absolute atomic E-state index is 5.53. The van der Waals surface area contributed by atoms with Crippen LogP contribution in [0, 0.1) is 17.3 Å². The summed E-state index contributed by atoms with van der Waals surface area (Å²) >= 11 is 3.58. The maximum Gasteiger partial charge on any atom is 0.122 e. The fourth-order valence-electron chi connectivity index (χ4n) is 4.02. The molecule has 3 rings (SSSR count). The number of nitrogens with one attached hydrogen (secondary N) is 1. The molecule has 2 unspecified atom stereocenters. The summed E-state index contributed by atoms with van der Waals surface area (Å²) < 4.78 is 6.68. The van der Waals surface area contributed by atoms with Crippen LogP contribution in [0.5, 0.6) is 5.75 Å². The van der Waals surface area contributed by atoms with Crippen LogP contribution in [0.1, 0.15) is 24.8 Å². The Bertz CT molecular complexity index is 464. The van der Waals surface area contributed by atoms with E-state index >= 15 is 0 Å². The van der Waals surface area contributed by atoms with Crippen molar-refractivity contribution in [2.45, 2.75) is 25.7 Å². The van der Waals surface area contributed by atoms with Gasteiger partial charge < -0.3 is 10.1 Å². The van der Waals surface area contributed by atoms with E-state index < -0.39 is 0 Å². The first-order valence-electron chi connectivity index (χ1n) is 7.13. The predicted molar refractivity (Wildman–Crippen MR) is 81.6 cm³/mol. The minimum atomic E-state index is 0.441. The van der Waals surface area contributed by atoms with E-state index in [2.05, 4.69) is 46.5 Å². The molecule has 0 bridgehead atoms. The number of benzene rings is 1. The molecule has 0 heterocycles. The van der Waals surface area contributed by atoms with Gasteiger partial charge in [0.25, 0.3) is 0 Å². The quantitative estimate of drug-likeness (QED) is 0.893. The molecule has 1 aromatic carbocycles. The fourth-order valence-corrected chi connectivity index (χ4v) is 4.43. The highest BCUT2D eigenvalue weighted by molar-refractivity contribution is 9.10. The summed E-state index contributed by atoms with van der Waals surface area (Å²) in [6, 6.07) is 6.35. The van der Waals surface area contributed by atoms with Crippen LogP contribution < -0.4 is 10.1 Å². The van der Waals surface area contributed by atoms with Crippen LogP contribution in [-0.2, 0) is 6.42 Å². The molecule has 2 nitrogen and oxygen atoms in total. The normalized spacial score (nSPS) is 32.2. The topological polar surface area (TPSA) is 21.3 Å². The zero-order valence-corrected chi connectivity index (χ0v) is 13.3. The molecule has 104 valence electrons. The Labute approximate surface area is 124 Å². The molecule has 2 saturated carbocycles. The maximum atomic E-state index is 5.53. The second kappa shape index (κ2) is 5.10. The Kier molecular flexibility index (Phi) is 3.61. The lowest BCUT2D eigenvalue weighted by atomic mass is 9.77. The Morgan fingerprint density at radius 3 is 2.74 bits per heavy atom. The lowest BCUT2D eigenvalue weighted by molar-refractivity contribution is 0.251. The molecular formula is C16H22BrNO. The Balaban J connectivity index is 1.83. The number of halogens is 1. The first-order chi connectivity index (χ1) is 9.15.